The first kappa shape index (κ1) is 17.9. The molecule has 0 spiro atoms. The van der Waals surface area contributed by atoms with Gasteiger partial charge in [-0.3, -0.25) is 4.79 Å². The highest BCUT2D eigenvalue weighted by atomic mass is 19.1. The third kappa shape index (κ3) is 4.37. The Labute approximate surface area is 149 Å². The summed E-state index contributed by atoms with van der Waals surface area (Å²) in [4.78, 5) is 23.1. The van der Waals surface area contributed by atoms with Crippen molar-refractivity contribution in [3.05, 3.63) is 64.5 Å². The van der Waals surface area contributed by atoms with Crippen LogP contribution < -0.4 is 10.1 Å². The molecule has 0 unspecified atom stereocenters. The zero-order valence-corrected chi connectivity index (χ0v) is 14.2. The molecule has 0 atom stereocenters. The lowest BCUT2D eigenvalue weighted by molar-refractivity contribution is -0.119. The second kappa shape index (κ2) is 7.97. The van der Waals surface area contributed by atoms with Gasteiger partial charge in [0.15, 0.2) is 6.79 Å². The monoisotopic (exact) mass is 359 g/mol. The van der Waals surface area contributed by atoms with Crippen molar-refractivity contribution in [3.8, 4) is 5.75 Å². The summed E-state index contributed by atoms with van der Waals surface area (Å²) in [6.07, 6.45) is 0. The van der Waals surface area contributed by atoms with Crippen molar-refractivity contribution in [2.24, 2.45) is 0 Å². The first-order valence-electron chi connectivity index (χ1n) is 8.05. The molecule has 26 heavy (non-hydrogen) atoms. The molecule has 6 nitrogen and oxygen atoms in total. The van der Waals surface area contributed by atoms with E-state index in [2.05, 4.69) is 5.32 Å². The maximum absolute atomic E-state index is 13.7. The number of hydrogen-bond acceptors (Lipinski definition) is 5. The lowest BCUT2D eigenvalue weighted by Gasteiger charge is -2.20. The molecular formula is C19H18FNO5. The zero-order chi connectivity index (χ0) is 18.5. The van der Waals surface area contributed by atoms with Crippen molar-refractivity contribution in [1.82, 2.24) is 5.32 Å². The van der Waals surface area contributed by atoms with E-state index in [1.54, 1.807) is 24.3 Å². The Hall–Kier alpha value is -2.93. The Balaban J connectivity index is 1.64. The van der Waals surface area contributed by atoms with Crippen molar-refractivity contribution < 1.29 is 28.2 Å². The summed E-state index contributed by atoms with van der Waals surface area (Å²) < 4.78 is 29.5. The molecule has 2 aromatic rings. The van der Waals surface area contributed by atoms with Crippen molar-refractivity contribution in [2.45, 2.75) is 26.7 Å². The Kier molecular flexibility index (Phi) is 5.48. The molecule has 1 amide bonds. The minimum atomic E-state index is -0.527. The van der Waals surface area contributed by atoms with Crippen LogP contribution in [0.1, 0.15) is 34.0 Å². The number of fused-ring (bicyclic) bond motifs is 1. The van der Waals surface area contributed by atoms with E-state index < -0.39 is 11.8 Å². The second-order valence-corrected chi connectivity index (χ2v) is 5.85. The van der Waals surface area contributed by atoms with Gasteiger partial charge in [0.05, 0.1) is 12.2 Å². The molecule has 1 N–H and O–H groups in total. The maximum atomic E-state index is 13.7. The van der Waals surface area contributed by atoms with Gasteiger partial charge in [0.2, 0.25) is 5.91 Å². The fourth-order valence-electron chi connectivity index (χ4n) is 2.58. The molecule has 136 valence electrons. The summed E-state index contributed by atoms with van der Waals surface area (Å²) in [5, 5.41) is 2.68. The lowest BCUT2D eigenvalue weighted by atomic mass is 10.1. The van der Waals surface area contributed by atoms with Gasteiger partial charge in [-0.15, -0.1) is 0 Å². The van der Waals surface area contributed by atoms with E-state index in [-0.39, 0.29) is 25.9 Å². The summed E-state index contributed by atoms with van der Waals surface area (Å²) in [5.74, 6) is -0.594. The van der Waals surface area contributed by atoms with Crippen LogP contribution in [0.3, 0.4) is 0 Å². The van der Waals surface area contributed by atoms with Gasteiger partial charge in [-0.05, 0) is 29.8 Å². The van der Waals surface area contributed by atoms with Crippen LogP contribution in [0.15, 0.2) is 36.4 Å². The average Bonchev–Trinajstić information content (AvgIpc) is 2.64. The van der Waals surface area contributed by atoms with E-state index in [0.717, 1.165) is 5.56 Å². The topological polar surface area (TPSA) is 73.9 Å². The molecule has 7 heteroatoms. The number of halogens is 1. The Morgan fingerprint density at radius 2 is 2.00 bits per heavy atom. The molecule has 0 saturated heterocycles. The maximum Gasteiger partial charge on any atom is 0.338 e. The standard InChI is InChI=1S/C19H18FNO5/c1-12(22)21-8-13-2-4-14(5-3-13)19(23)25-10-16-7-17(20)6-15-9-24-11-26-18(15)16/h2-7H,8-11H2,1H3,(H,21,22). The SMILES string of the molecule is CC(=O)NCc1ccc(C(=O)OCc2cc(F)cc3c2OCOC3)cc1. The number of carbonyl (C=O) groups is 2. The lowest BCUT2D eigenvalue weighted by Crippen LogP contribution is -2.18. The van der Waals surface area contributed by atoms with Crippen LogP contribution >= 0.6 is 0 Å². The van der Waals surface area contributed by atoms with Gasteiger partial charge < -0.3 is 19.5 Å². The summed E-state index contributed by atoms with van der Waals surface area (Å²) >= 11 is 0. The van der Waals surface area contributed by atoms with Crippen LogP contribution in [0.25, 0.3) is 0 Å². The minimum absolute atomic E-state index is 0.0787. The fourth-order valence-corrected chi connectivity index (χ4v) is 2.58. The third-order valence-corrected chi connectivity index (χ3v) is 3.84. The largest absolute Gasteiger partial charge is 0.467 e. The number of rotatable bonds is 5. The molecule has 0 saturated carbocycles. The molecule has 0 fully saturated rings. The highest BCUT2D eigenvalue weighted by Crippen LogP contribution is 2.30. The normalized spacial score (nSPS) is 12.7. The number of hydrogen-bond donors (Lipinski definition) is 1. The van der Waals surface area contributed by atoms with E-state index in [1.165, 1.54) is 19.1 Å². The van der Waals surface area contributed by atoms with Gasteiger partial charge in [-0.1, -0.05) is 12.1 Å². The van der Waals surface area contributed by atoms with E-state index in [4.69, 9.17) is 14.2 Å². The number of carbonyl (C=O) groups excluding carboxylic acids is 2. The van der Waals surface area contributed by atoms with Crippen molar-refractivity contribution in [1.29, 1.82) is 0 Å². The average molecular weight is 359 g/mol. The molecule has 0 bridgehead atoms. The molecule has 1 heterocycles. The molecule has 0 radical (unpaired) electrons. The number of ether oxygens (including phenoxy) is 3. The smallest absolute Gasteiger partial charge is 0.338 e. The Morgan fingerprint density at radius 1 is 1.23 bits per heavy atom. The predicted octanol–water partition coefficient (Wildman–Crippen LogP) is 2.69. The molecule has 1 aliphatic rings. The molecule has 0 aromatic heterocycles. The fraction of sp³-hybridized carbons (Fsp3) is 0.263. The summed E-state index contributed by atoms with van der Waals surface area (Å²) in [6, 6.07) is 9.32. The first-order valence-corrected chi connectivity index (χ1v) is 8.05. The number of nitrogens with one attached hydrogen (secondary N) is 1. The van der Waals surface area contributed by atoms with Crippen LogP contribution in [0, 0.1) is 5.82 Å². The minimum Gasteiger partial charge on any atom is -0.467 e. The number of benzene rings is 2. The van der Waals surface area contributed by atoms with Crippen molar-refractivity contribution >= 4 is 11.9 Å². The molecule has 0 aliphatic carbocycles. The van der Waals surface area contributed by atoms with E-state index in [9.17, 15) is 14.0 Å². The van der Waals surface area contributed by atoms with Crippen molar-refractivity contribution in [2.75, 3.05) is 6.79 Å². The van der Waals surface area contributed by atoms with Gasteiger partial charge in [0.25, 0.3) is 0 Å². The van der Waals surface area contributed by atoms with Crippen LogP contribution in [0.2, 0.25) is 0 Å². The zero-order valence-electron chi connectivity index (χ0n) is 14.2. The van der Waals surface area contributed by atoms with Crippen LogP contribution in [0.5, 0.6) is 5.75 Å². The number of esters is 1. The quantitative estimate of drug-likeness (QED) is 0.831. The highest BCUT2D eigenvalue weighted by molar-refractivity contribution is 5.89. The Bertz CT molecular complexity index is 819. The molecule has 3 rings (SSSR count). The molecule has 1 aliphatic heterocycles. The van der Waals surface area contributed by atoms with Crippen LogP contribution in [-0.4, -0.2) is 18.7 Å². The molecular weight excluding hydrogens is 341 g/mol. The summed E-state index contributed by atoms with van der Waals surface area (Å²) in [5.41, 5.74) is 2.28. The van der Waals surface area contributed by atoms with Gasteiger partial charge in [0, 0.05) is 24.6 Å². The highest BCUT2D eigenvalue weighted by Gasteiger charge is 2.18. The first-order chi connectivity index (χ1) is 12.5. The van der Waals surface area contributed by atoms with Gasteiger partial charge in [-0.2, -0.15) is 0 Å². The van der Waals surface area contributed by atoms with Crippen LogP contribution in [0.4, 0.5) is 4.39 Å². The number of amides is 1. The van der Waals surface area contributed by atoms with E-state index in [0.29, 0.717) is 29.0 Å². The summed E-state index contributed by atoms with van der Waals surface area (Å²) in [7, 11) is 0. The van der Waals surface area contributed by atoms with Gasteiger partial charge in [0.1, 0.15) is 18.2 Å². The summed E-state index contributed by atoms with van der Waals surface area (Å²) in [6.45, 7) is 2.05. The van der Waals surface area contributed by atoms with E-state index >= 15 is 0 Å². The van der Waals surface area contributed by atoms with Crippen molar-refractivity contribution in [3.63, 3.8) is 0 Å². The third-order valence-electron chi connectivity index (χ3n) is 3.84. The predicted molar refractivity (Wildman–Crippen MR) is 89.8 cm³/mol. The Morgan fingerprint density at radius 3 is 2.73 bits per heavy atom. The van der Waals surface area contributed by atoms with E-state index in [1.807, 2.05) is 0 Å². The van der Waals surface area contributed by atoms with Crippen LogP contribution in [-0.2, 0) is 34.0 Å². The second-order valence-electron chi connectivity index (χ2n) is 5.85. The van der Waals surface area contributed by atoms with Gasteiger partial charge in [-0.25, -0.2) is 9.18 Å². The van der Waals surface area contributed by atoms with Gasteiger partial charge >= 0.3 is 5.97 Å². The molecule has 2 aromatic carbocycles.